The second-order valence-electron chi connectivity index (χ2n) is 4.42. The predicted molar refractivity (Wildman–Crippen MR) is 83.3 cm³/mol. The molecule has 5 nitrogen and oxygen atoms in total. The van der Waals surface area contributed by atoms with Gasteiger partial charge in [-0.05, 0) is 34.1 Å². The molecule has 0 atom stereocenters. The lowest BCUT2D eigenvalue weighted by atomic mass is 10.2. The zero-order chi connectivity index (χ0) is 14.8. The highest BCUT2D eigenvalue weighted by atomic mass is 79.9. The fourth-order valence-corrected chi connectivity index (χ4v) is 2.44. The molecule has 0 fully saturated rings. The Morgan fingerprint density at radius 2 is 2.19 bits per heavy atom. The molecular weight excluding hydrogens is 356 g/mol. The van der Waals surface area contributed by atoms with Gasteiger partial charge in [0.2, 0.25) is 0 Å². The van der Waals surface area contributed by atoms with Gasteiger partial charge in [0.05, 0.1) is 22.8 Å². The van der Waals surface area contributed by atoms with Gasteiger partial charge in [-0.15, -0.1) is 0 Å². The van der Waals surface area contributed by atoms with E-state index in [2.05, 4.69) is 31.2 Å². The smallest absolute Gasteiger partial charge is 0.253 e. The SMILES string of the molecule is O=C(NCc1cn2cc(Cl)ccc2n1)c1cncc(Br)c1. The molecule has 3 heterocycles. The number of hydrogen-bond donors (Lipinski definition) is 1. The monoisotopic (exact) mass is 364 g/mol. The minimum absolute atomic E-state index is 0.195. The first-order valence-electron chi connectivity index (χ1n) is 6.14. The number of hydrogen-bond acceptors (Lipinski definition) is 3. The molecule has 0 spiro atoms. The highest BCUT2D eigenvalue weighted by Gasteiger charge is 2.08. The third kappa shape index (κ3) is 3.22. The number of pyridine rings is 2. The van der Waals surface area contributed by atoms with Crippen LogP contribution in [0.5, 0.6) is 0 Å². The van der Waals surface area contributed by atoms with Gasteiger partial charge in [0.25, 0.3) is 5.91 Å². The topological polar surface area (TPSA) is 59.3 Å². The summed E-state index contributed by atoms with van der Waals surface area (Å²) in [6.07, 6.45) is 6.75. The molecule has 0 aliphatic carbocycles. The van der Waals surface area contributed by atoms with Gasteiger partial charge in [0, 0.05) is 29.3 Å². The molecule has 21 heavy (non-hydrogen) atoms. The van der Waals surface area contributed by atoms with Crippen molar-refractivity contribution in [3.63, 3.8) is 0 Å². The van der Waals surface area contributed by atoms with Gasteiger partial charge in [0.1, 0.15) is 5.65 Å². The molecule has 3 aromatic heterocycles. The second kappa shape index (κ2) is 5.83. The van der Waals surface area contributed by atoms with Crippen molar-refractivity contribution < 1.29 is 4.79 Å². The maximum Gasteiger partial charge on any atom is 0.253 e. The molecule has 0 bridgehead atoms. The van der Waals surface area contributed by atoms with Crippen LogP contribution in [0.25, 0.3) is 5.65 Å². The molecule has 0 aromatic carbocycles. The number of nitrogens with zero attached hydrogens (tertiary/aromatic N) is 3. The lowest BCUT2D eigenvalue weighted by molar-refractivity contribution is 0.0950. The molecule has 0 saturated heterocycles. The van der Waals surface area contributed by atoms with Crippen LogP contribution in [0.3, 0.4) is 0 Å². The van der Waals surface area contributed by atoms with Gasteiger partial charge in [0.15, 0.2) is 0 Å². The number of rotatable bonds is 3. The Kier molecular flexibility index (Phi) is 3.90. The van der Waals surface area contributed by atoms with Gasteiger partial charge in [-0.25, -0.2) is 4.98 Å². The molecule has 0 aliphatic rings. The van der Waals surface area contributed by atoms with Gasteiger partial charge >= 0.3 is 0 Å². The van der Waals surface area contributed by atoms with Crippen molar-refractivity contribution in [3.05, 3.63) is 63.7 Å². The number of fused-ring (bicyclic) bond motifs is 1. The van der Waals surface area contributed by atoms with Gasteiger partial charge in [-0.2, -0.15) is 0 Å². The molecule has 0 aliphatic heterocycles. The van der Waals surface area contributed by atoms with E-state index in [1.165, 1.54) is 6.20 Å². The van der Waals surface area contributed by atoms with Crippen LogP contribution in [0.1, 0.15) is 16.1 Å². The van der Waals surface area contributed by atoms with Crippen LogP contribution in [0.4, 0.5) is 0 Å². The van der Waals surface area contributed by atoms with Crippen LogP contribution >= 0.6 is 27.5 Å². The highest BCUT2D eigenvalue weighted by Crippen LogP contribution is 2.12. The van der Waals surface area contributed by atoms with E-state index in [0.29, 0.717) is 17.1 Å². The van der Waals surface area contributed by atoms with E-state index in [1.807, 2.05) is 16.7 Å². The first kappa shape index (κ1) is 14.0. The number of carbonyl (C=O) groups excluding carboxylic acids is 1. The minimum atomic E-state index is -0.195. The highest BCUT2D eigenvalue weighted by molar-refractivity contribution is 9.10. The summed E-state index contributed by atoms with van der Waals surface area (Å²) in [5.41, 5.74) is 2.04. The zero-order valence-corrected chi connectivity index (χ0v) is 13.1. The first-order chi connectivity index (χ1) is 10.1. The van der Waals surface area contributed by atoms with Crippen molar-refractivity contribution in [1.82, 2.24) is 19.7 Å². The Labute approximate surface area is 134 Å². The number of carbonyl (C=O) groups is 1. The predicted octanol–water partition coefficient (Wildman–Crippen LogP) is 3.08. The second-order valence-corrected chi connectivity index (χ2v) is 5.77. The summed E-state index contributed by atoms with van der Waals surface area (Å²) in [5.74, 6) is -0.195. The van der Waals surface area contributed by atoms with E-state index in [9.17, 15) is 4.79 Å². The van der Waals surface area contributed by atoms with Crippen molar-refractivity contribution in [2.24, 2.45) is 0 Å². The molecule has 0 unspecified atom stereocenters. The van der Waals surface area contributed by atoms with E-state index < -0.39 is 0 Å². The van der Waals surface area contributed by atoms with E-state index in [-0.39, 0.29) is 5.91 Å². The van der Waals surface area contributed by atoms with Crippen molar-refractivity contribution >= 4 is 39.1 Å². The van der Waals surface area contributed by atoms with E-state index in [1.54, 1.807) is 24.5 Å². The maximum absolute atomic E-state index is 12.0. The van der Waals surface area contributed by atoms with Crippen LogP contribution in [0.2, 0.25) is 5.02 Å². The van der Waals surface area contributed by atoms with Crippen LogP contribution in [0.15, 0.2) is 47.5 Å². The summed E-state index contributed by atoms with van der Waals surface area (Å²) in [6.45, 7) is 0.338. The third-order valence-corrected chi connectivity index (χ3v) is 3.52. The van der Waals surface area contributed by atoms with E-state index in [4.69, 9.17) is 11.6 Å². The van der Waals surface area contributed by atoms with Crippen molar-refractivity contribution in [2.45, 2.75) is 6.54 Å². The summed E-state index contributed by atoms with van der Waals surface area (Å²) in [6, 6.07) is 5.32. The standard InChI is InChI=1S/C14H10BrClN4O/c15-10-3-9(4-17-5-10)14(21)18-6-12-8-20-7-11(16)1-2-13(20)19-12/h1-5,7-8H,6H2,(H,18,21). The molecule has 0 radical (unpaired) electrons. The largest absolute Gasteiger partial charge is 0.346 e. The van der Waals surface area contributed by atoms with Gasteiger partial charge in [-0.3, -0.25) is 9.78 Å². The maximum atomic E-state index is 12.0. The van der Waals surface area contributed by atoms with Gasteiger partial charge < -0.3 is 9.72 Å². The molecule has 1 N–H and O–H groups in total. The Bertz CT molecular complexity index is 818. The lowest BCUT2D eigenvalue weighted by Gasteiger charge is -2.02. The Hall–Kier alpha value is -1.92. The number of halogens is 2. The minimum Gasteiger partial charge on any atom is -0.346 e. The van der Waals surface area contributed by atoms with Crippen LogP contribution in [-0.2, 0) is 6.54 Å². The summed E-state index contributed by atoms with van der Waals surface area (Å²) in [5, 5.41) is 3.44. The van der Waals surface area contributed by atoms with Gasteiger partial charge in [-0.1, -0.05) is 11.6 Å². The van der Waals surface area contributed by atoms with Crippen molar-refractivity contribution in [1.29, 1.82) is 0 Å². The molecule has 3 rings (SSSR count). The molecule has 7 heteroatoms. The van der Waals surface area contributed by atoms with Crippen molar-refractivity contribution in [2.75, 3.05) is 0 Å². The molecule has 1 amide bonds. The van der Waals surface area contributed by atoms with E-state index >= 15 is 0 Å². The fraction of sp³-hybridized carbons (Fsp3) is 0.0714. The number of aromatic nitrogens is 3. The average molecular weight is 366 g/mol. The van der Waals surface area contributed by atoms with Crippen molar-refractivity contribution in [3.8, 4) is 0 Å². The summed E-state index contributed by atoms with van der Waals surface area (Å²) >= 11 is 9.21. The Morgan fingerprint density at radius 1 is 1.33 bits per heavy atom. The number of imidazole rings is 1. The van der Waals surface area contributed by atoms with Crippen LogP contribution < -0.4 is 5.32 Å². The average Bonchev–Trinajstić information content (AvgIpc) is 2.86. The zero-order valence-electron chi connectivity index (χ0n) is 10.8. The Morgan fingerprint density at radius 3 is 3.00 bits per heavy atom. The number of amides is 1. The lowest BCUT2D eigenvalue weighted by Crippen LogP contribution is -2.23. The fourth-order valence-electron chi connectivity index (χ4n) is 1.91. The summed E-state index contributed by atoms with van der Waals surface area (Å²) in [4.78, 5) is 20.4. The quantitative estimate of drug-likeness (QED) is 0.776. The molecular formula is C14H10BrClN4O. The number of nitrogens with one attached hydrogen (secondary N) is 1. The summed E-state index contributed by atoms with van der Waals surface area (Å²) in [7, 11) is 0. The van der Waals surface area contributed by atoms with Crippen LogP contribution in [0, 0.1) is 0 Å². The molecule has 0 saturated carbocycles. The molecule has 3 aromatic rings. The third-order valence-electron chi connectivity index (χ3n) is 2.86. The summed E-state index contributed by atoms with van der Waals surface area (Å²) < 4.78 is 2.59. The first-order valence-corrected chi connectivity index (χ1v) is 7.31. The normalized spacial score (nSPS) is 10.8. The van der Waals surface area contributed by atoms with E-state index in [0.717, 1.165) is 15.8 Å². The molecule has 106 valence electrons. The Balaban J connectivity index is 1.72. The van der Waals surface area contributed by atoms with Crippen LogP contribution in [-0.4, -0.2) is 20.3 Å².